The summed E-state index contributed by atoms with van der Waals surface area (Å²) in [5.41, 5.74) is 0.593. The highest BCUT2D eigenvalue weighted by atomic mass is 32.2. The molecule has 134 valence electrons. The van der Waals surface area contributed by atoms with E-state index in [1.807, 2.05) is 0 Å². The summed E-state index contributed by atoms with van der Waals surface area (Å²) >= 11 is 4.82. The Balaban J connectivity index is 2.01. The molecule has 0 saturated carbocycles. The fraction of sp³-hybridized carbons (Fsp3) is 0.167. The lowest BCUT2D eigenvalue weighted by atomic mass is 9.85. The zero-order valence-electron chi connectivity index (χ0n) is 13.6. The summed E-state index contributed by atoms with van der Waals surface area (Å²) in [5.74, 6) is -3.61. The Morgan fingerprint density at radius 3 is 1.92 bits per heavy atom. The van der Waals surface area contributed by atoms with Gasteiger partial charge < -0.3 is 10.6 Å². The van der Waals surface area contributed by atoms with Crippen LogP contribution in [0, 0.1) is 5.92 Å². The molecular formula is C18H16N2O4S2. The van der Waals surface area contributed by atoms with Crippen LogP contribution in [0.2, 0.25) is 0 Å². The molecule has 0 aromatic heterocycles. The minimum Gasteiger partial charge on any atom is -0.302 e. The zero-order valence-corrected chi connectivity index (χ0v) is 15.2. The molecule has 0 bridgehead atoms. The van der Waals surface area contributed by atoms with E-state index in [2.05, 4.69) is 10.6 Å². The molecule has 0 aliphatic carbocycles. The first kappa shape index (κ1) is 18.2. The molecule has 26 heavy (non-hydrogen) atoms. The smallest absolute Gasteiger partial charge is 0.239 e. The Bertz CT molecular complexity index is 924. The highest BCUT2D eigenvalue weighted by Crippen LogP contribution is 2.30. The van der Waals surface area contributed by atoms with E-state index in [1.54, 1.807) is 48.5 Å². The minimum atomic E-state index is -3.71. The van der Waals surface area contributed by atoms with Gasteiger partial charge in [0.05, 0.1) is 10.6 Å². The standard InChI is InChI=1S/C18H16N2O4S2/c21-16-15(17(22)20-18(25)19-16)14(12-7-3-1-4-8-12)11-26(23,24)13-9-5-2-6-10-13/h1-10,14-15H,11H2,(H2,19,20,21,22,25). The molecule has 2 aromatic carbocycles. The maximum Gasteiger partial charge on any atom is 0.239 e. The molecule has 2 aromatic rings. The van der Waals surface area contributed by atoms with Crippen molar-refractivity contribution in [3.8, 4) is 0 Å². The van der Waals surface area contributed by atoms with Crippen LogP contribution in [0.15, 0.2) is 65.6 Å². The summed E-state index contributed by atoms with van der Waals surface area (Å²) in [6.45, 7) is 0. The average Bonchev–Trinajstić information content (AvgIpc) is 2.61. The molecule has 1 unspecified atom stereocenters. The van der Waals surface area contributed by atoms with Crippen LogP contribution in [0.3, 0.4) is 0 Å². The van der Waals surface area contributed by atoms with Crippen LogP contribution in [0.25, 0.3) is 0 Å². The quantitative estimate of drug-likeness (QED) is 0.597. The van der Waals surface area contributed by atoms with Crippen LogP contribution < -0.4 is 10.6 Å². The van der Waals surface area contributed by atoms with Gasteiger partial charge in [-0.15, -0.1) is 0 Å². The summed E-state index contributed by atoms with van der Waals surface area (Å²) in [6.07, 6.45) is 0. The largest absolute Gasteiger partial charge is 0.302 e. The van der Waals surface area contributed by atoms with Crippen molar-refractivity contribution in [3.63, 3.8) is 0 Å². The van der Waals surface area contributed by atoms with Gasteiger partial charge in [-0.1, -0.05) is 48.5 Å². The second kappa shape index (κ2) is 7.35. The molecule has 1 atom stereocenters. The highest BCUT2D eigenvalue weighted by Gasteiger charge is 2.41. The maximum absolute atomic E-state index is 12.8. The fourth-order valence-electron chi connectivity index (χ4n) is 2.94. The van der Waals surface area contributed by atoms with Crippen LogP contribution in [0.1, 0.15) is 11.5 Å². The molecule has 1 saturated heterocycles. The average molecular weight is 388 g/mol. The molecule has 1 aliphatic heterocycles. The van der Waals surface area contributed by atoms with Crippen molar-refractivity contribution in [3.05, 3.63) is 66.2 Å². The lowest BCUT2D eigenvalue weighted by molar-refractivity contribution is -0.135. The number of rotatable bonds is 5. The number of thiocarbonyl (C=S) groups is 1. The number of amides is 2. The van der Waals surface area contributed by atoms with Gasteiger partial charge in [0.15, 0.2) is 14.9 Å². The number of carbonyl (C=O) groups is 2. The second-order valence-electron chi connectivity index (χ2n) is 5.90. The summed E-state index contributed by atoms with van der Waals surface area (Å²) in [6, 6.07) is 16.6. The first-order chi connectivity index (χ1) is 12.4. The first-order valence-electron chi connectivity index (χ1n) is 7.87. The van der Waals surface area contributed by atoms with E-state index in [0.717, 1.165) is 0 Å². The summed E-state index contributed by atoms with van der Waals surface area (Å²) < 4.78 is 25.7. The third kappa shape index (κ3) is 3.81. The van der Waals surface area contributed by atoms with Crippen molar-refractivity contribution >= 4 is 39.0 Å². The van der Waals surface area contributed by atoms with Gasteiger partial charge in [0.2, 0.25) is 11.8 Å². The van der Waals surface area contributed by atoms with Crippen molar-refractivity contribution in [1.29, 1.82) is 0 Å². The summed E-state index contributed by atoms with van der Waals surface area (Å²) in [5, 5.41) is 4.73. The van der Waals surface area contributed by atoms with Gasteiger partial charge >= 0.3 is 0 Å². The normalized spacial score (nSPS) is 16.7. The molecule has 0 spiro atoms. The van der Waals surface area contributed by atoms with Gasteiger partial charge in [-0.3, -0.25) is 9.59 Å². The maximum atomic E-state index is 12.8. The van der Waals surface area contributed by atoms with Gasteiger partial charge in [-0.2, -0.15) is 0 Å². The minimum absolute atomic E-state index is 0.0750. The van der Waals surface area contributed by atoms with Gasteiger partial charge in [-0.05, 0) is 29.9 Å². The van der Waals surface area contributed by atoms with Crippen molar-refractivity contribution in [1.82, 2.24) is 10.6 Å². The van der Waals surface area contributed by atoms with Crippen molar-refractivity contribution in [2.75, 3.05) is 5.75 Å². The van der Waals surface area contributed by atoms with Crippen molar-refractivity contribution in [2.45, 2.75) is 10.8 Å². The monoisotopic (exact) mass is 388 g/mol. The van der Waals surface area contributed by atoms with Gasteiger partial charge in [0.1, 0.15) is 5.92 Å². The predicted octanol–water partition coefficient (Wildman–Crippen LogP) is 1.39. The van der Waals surface area contributed by atoms with Gasteiger partial charge in [0, 0.05) is 5.92 Å². The number of hydrogen-bond acceptors (Lipinski definition) is 5. The van der Waals surface area contributed by atoms with E-state index in [4.69, 9.17) is 12.2 Å². The second-order valence-corrected chi connectivity index (χ2v) is 8.34. The third-order valence-electron chi connectivity index (χ3n) is 4.17. The van der Waals surface area contributed by atoms with Crippen LogP contribution in [-0.4, -0.2) is 31.1 Å². The van der Waals surface area contributed by atoms with E-state index in [0.29, 0.717) is 5.56 Å². The van der Waals surface area contributed by atoms with Crippen LogP contribution >= 0.6 is 12.2 Å². The van der Waals surface area contributed by atoms with Crippen LogP contribution in [-0.2, 0) is 19.4 Å². The molecule has 1 fully saturated rings. The molecule has 6 nitrogen and oxygen atoms in total. The van der Waals surface area contributed by atoms with Gasteiger partial charge in [0.25, 0.3) is 0 Å². The van der Waals surface area contributed by atoms with E-state index in [-0.39, 0.29) is 15.8 Å². The Kier molecular flexibility index (Phi) is 5.15. The molecule has 1 aliphatic rings. The number of nitrogens with one attached hydrogen (secondary N) is 2. The van der Waals surface area contributed by atoms with Gasteiger partial charge in [-0.25, -0.2) is 8.42 Å². The number of benzene rings is 2. The Morgan fingerprint density at radius 2 is 1.38 bits per heavy atom. The highest BCUT2D eigenvalue weighted by molar-refractivity contribution is 7.91. The molecule has 3 rings (SSSR count). The van der Waals surface area contributed by atoms with Crippen LogP contribution in [0.4, 0.5) is 0 Å². The van der Waals surface area contributed by atoms with Crippen molar-refractivity contribution < 1.29 is 18.0 Å². The molecule has 2 N–H and O–H groups in total. The molecule has 1 heterocycles. The third-order valence-corrected chi connectivity index (χ3v) is 6.16. The SMILES string of the molecule is O=C1NC(=S)NC(=O)C1C(CS(=O)(=O)c1ccccc1)c1ccccc1. The zero-order chi connectivity index (χ0) is 18.7. The predicted molar refractivity (Wildman–Crippen MR) is 100 cm³/mol. The summed E-state index contributed by atoms with van der Waals surface area (Å²) in [4.78, 5) is 24.9. The van der Waals surface area contributed by atoms with Crippen LogP contribution in [0.5, 0.6) is 0 Å². The van der Waals surface area contributed by atoms with E-state index in [1.165, 1.54) is 12.1 Å². The topological polar surface area (TPSA) is 92.3 Å². The first-order valence-corrected chi connectivity index (χ1v) is 9.93. The van der Waals surface area contributed by atoms with Crippen molar-refractivity contribution in [2.24, 2.45) is 5.92 Å². The lowest BCUT2D eigenvalue weighted by Crippen LogP contribution is -2.57. The number of sulfone groups is 1. The lowest BCUT2D eigenvalue weighted by Gasteiger charge is -2.29. The molecular weight excluding hydrogens is 372 g/mol. The number of hydrogen-bond donors (Lipinski definition) is 2. The van der Waals surface area contributed by atoms with E-state index >= 15 is 0 Å². The van der Waals surface area contributed by atoms with E-state index in [9.17, 15) is 18.0 Å². The Hall–Kier alpha value is -2.58. The molecule has 2 amide bonds. The Labute approximate surface area is 156 Å². The molecule has 8 heteroatoms. The fourth-order valence-corrected chi connectivity index (χ4v) is 4.76. The Morgan fingerprint density at radius 1 is 0.885 bits per heavy atom. The molecule has 0 radical (unpaired) electrons. The summed E-state index contributed by atoms with van der Waals surface area (Å²) in [7, 11) is -3.71. The van der Waals surface area contributed by atoms with E-state index < -0.39 is 33.5 Å². The number of carbonyl (C=O) groups excluding carboxylic acids is 2.